The Morgan fingerprint density at radius 3 is 2.29 bits per heavy atom. The number of amides is 2. The smallest absolute Gasteiger partial charge is 0.321 e. The summed E-state index contributed by atoms with van der Waals surface area (Å²) >= 11 is 0. The third-order valence-corrected chi connectivity index (χ3v) is 4.21. The van der Waals surface area contributed by atoms with Crippen LogP contribution in [0.3, 0.4) is 0 Å². The summed E-state index contributed by atoms with van der Waals surface area (Å²) < 4.78 is 13.3. The molecule has 126 valence electrons. The predicted octanol–water partition coefficient (Wildman–Crippen LogP) is 3.80. The molecular formula is C19H22FN3O. The second-order valence-electron chi connectivity index (χ2n) is 6.26. The van der Waals surface area contributed by atoms with Crippen molar-refractivity contribution in [1.29, 1.82) is 0 Å². The number of urea groups is 1. The number of carbonyl (C=O) groups is 1. The van der Waals surface area contributed by atoms with E-state index in [1.165, 1.54) is 12.1 Å². The predicted molar refractivity (Wildman–Crippen MR) is 95.1 cm³/mol. The molecule has 2 amide bonds. The molecule has 0 bridgehead atoms. The first-order valence-corrected chi connectivity index (χ1v) is 8.16. The van der Waals surface area contributed by atoms with Crippen LogP contribution in [-0.2, 0) is 0 Å². The van der Waals surface area contributed by atoms with Crippen molar-refractivity contribution in [3.05, 3.63) is 59.4 Å². The van der Waals surface area contributed by atoms with Gasteiger partial charge in [-0.3, -0.25) is 0 Å². The first-order valence-electron chi connectivity index (χ1n) is 8.16. The maximum atomic E-state index is 13.3. The van der Waals surface area contributed by atoms with E-state index in [-0.39, 0.29) is 11.8 Å². The van der Waals surface area contributed by atoms with E-state index >= 15 is 0 Å². The summed E-state index contributed by atoms with van der Waals surface area (Å²) in [7, 11) is 0. The molecular weight excluding hydrogens is 305 g/mol. The molecule has 1 saturated heterocycles. The lowest BCUT2D eigenvalue weighted by molar-refractivity contribution is 0.208. The van der Waals surface area contributed by atoms with Gasteiger partial charge in [0.25, 0.3) is 0 Å². The zero-order chi connectivity index (χ0) is 17.1. The Labute approximate surface area is 141 Å². The maximum absolute atomic E-state index is 13.3. The van der Waals surface area contributed by atoms with Crippen LogP contribution in [0.5, 0.6) is 0 Å². The van der Waals surface area contributed by atoms with Crippen molar-refractivity contribution >= 4 is 17.4 Å². The lowest BCUT2D eigenvalue weighted by atomic mass is 10.1. The quantitative estimate of drug-likeness (QED) is 0.911. The van der Waals surface area contributed by atoms with Crippen LogP contribution in [0.2, 0.25) is 0 Å². The van der Waals surface area contributed by atoms with Gasteiger partial charge in [0.1, 0.15) is 5.82 Å². The molecule has 0 saturated carbocycles. The number of anilines is 2. The highest BCUT2D eigenvalue weighted by atomic mass is 19.1. The molecule has 1 aliphatic heterocycles. The monoisotopic (exact) mass is 327 g/mol. The second-order valence-corrected chi connectivity index (χ2v) is 6.26. The van der Waals surface area contributed by atoms with Crippen molar-refractivity contribution < 1.29 is 9.18 Å². The van der Waals surface area contributed by atoms with Gasteiger partial charge in [-0.05, 0) is 55.3 Å². The highest BCUT2D eigenvalue weighted by molar-refractivity contribution is 5.89. The number of halogens is 1. The number of nitrogens with zero attached hydrogens (tertiary/aromatic N) is 2. The van der Waals surface area contributed by atoms with E-state index in [1.54, 1.807) is 11.0 Å². The number of benzene rings is 2. The fourth-order valence-electron chi connectivity index (χ4n) is 3.09. The maximum Gasteiger partial charge on any atom is 0.321 e. The molecule has 3 rings (SSSR count). The minimum absolute atomic E-state index is 0.0844. The van der Waals surface area contributed by atoms with E-state index in [4.69, 9.17) is 0 Å². The van der Waals surface area contributed by atoms with Gasteiger partial charge in [-0.15, -0.1) is 0 Å². The number of hydrogen-bond donors (Lipinski definition) is 1. The molecule has 0 spiro atoms. The minimum atomic E-state index is -0.234. The fraction of sp³-hybridized carbons (Fsp3) is 0.316. The standard InChI is InChI=1S/C19H22FN3O/c1-14-10-15(2)12-17(11-14)21-19(24)23-8-6-22(7-9-23)18-5-3-4-16(20)13-18/h3-5,10-13H,6-9H2,1-2H3,(H,21,24). The van der Waals surface area contributed by atoms with Crippen LogP contribution in [0.15, 0.2) is 42.5 Å². The topological polar surface area (TPSA) is 35.6 Å². The van der Waals surface area contributed by atoms with E-state index in [9.17, 15) is 9.18 Å². The minimum Gasteiger partial charge on any atom is -0.368 e. The van der Waals surface area contributed by atoms with Gasteiger partial charge < -0.3 is 15.1 Å². The molecule has 0 aromatic heterocycles. The van der Waals surface area contributed by atoms with E-state index < -0.39 is 0 Å². The zero-order valence-corrected chi connectivity index (χ0v) is 14.1. The third-order valence-electron chi connectivity index (χ3n) is 4.21. The third kappa shape index (κ3) is 3.85. The van der Waals surface area contributed by atoms with Crippen molar-refractivity contribution in [2.24, 2.45) is 0 Å². The molecule has 1 fully saturated rings. The van der Waals surface area contributed by atoms with Crippen molar-refractivity contribution in [2.45, 2.75) is 13.8 Å². The van der Waals surface area contributed by atoms with Crippen LogP contribution in [0, 0.1) is 19.7 Å². The zero-order valence-electron chi connectivity index (χ0n) is 14.1. The molecule has 5 heteroatoms. The SMILES string of the molecule is Cc1cc(C)cc(NC(=O)N2CCN(c3cccc(F)c3)CC2)c1. The van der Waals surface area contributed by atoms with Crippen molar-refractivity contribution in [3.8, 4) is 0 Å². The van der Waals surface area contributed by atoms with Crippen LogP contribution in [0.4, 0.5) is 20.6 Å². The van der Waals surface area contributed by atoms with E-state index in [1.807, 2.05) is 32.0 Å². The summed E-state index contributed by atoms with van der Waals surface area (Å²) in [5.74, 6) is -0.234. The summed E-state index contributed by atoms with van der Waals surface area (Å²) in [6.45, 7) is 6.66. The van der Waals surface area contributed by atoms with Gasteiger partial charge in [0.2, 0.25) is 0 Å². The fourth-order valence-corrected chi connectivity index (χ4v) is 3.09. The summed E-state index contributed by atoms with van der Waals surface area (Å²) in [4.78, 5) is 16.3. The molecule has 4 nitrogen and oxygen atoms in total. The Morgan fingerprint density at radius 2 is 1.67 bits per heavy atom. The Kier molecular flexibility index (Phi) is 4.69. The Balaban J connectivity index is 1.59. The lowest BCUT2D eigenvalue weighted by Gasteiger charge is -2.36. The van der Waals surface area contributed by atoms with Gasteiger partial charge in [-0.1, -0.05) is 12.1 Å². The van der Waals surface area contributed by atoms with Crippen molar-refractivity contribution in [3.63, 3.8) is 0 Å². The number of aryl methyl sites for hydroxylation is 2. The molecule has 1 aliphatic rings. The first kappa shape index (κ1) is 16.3. The lowest BCUT2D eigenvalue weighted by Crippen LogP contribution is -2.50. The number of carbonyl (C=O) groups excluding carboxylic acids is 1. The van der Waals surface area contributed by atoms with Crippen LogP contribution in [0.25, 0.3) is 0 Å². The molecule has 1 N–H and O–H groups in total. The number of rotatable bonds is 2. The normalized spacial score (nSPS) is 14.6. The summed E-state index contributed by atoms with van der Waals surface area (Å²) in [6.07, 6.45) is 0. The number of nitrogens with one attached hydrogen (secondary N) is 1. The average Bonchev–Trinajstić information content (AvgIpc) is 2.54. The molecule has 1 heterocycles. The van der Waals surface area contributed by atoms with Crippen molar-refractivity contribution in [2.75, 3.05) is 36.4 Å². The van der Waals surface area contributed by atoms with E-state index in [2.05, 4.69) is 16.3 Å². The van der Waals surface area contributed by atoms with Gasteiger partial charge in [-0.2, -0.15) is 0 Å². The molecule has 0 unspecified atom stereocenters. The van der Waals surface area contributed by atoms with Gasteiger partial charge in [0.15, 0.2) is 0 Å². The summed E-state index contributed by atoms with van der Waals surface area (Å²) in [5, 5.41) is 2.97. The highest BCUT2D eigenvalue weighted by Gasteiger charge is 2.21. The van der Waals surface area contributed by atoms with Crippen LogP contribution < -0.4 is 10.2 Å². The molecule has 2 aromatic rings. The van der Waals surface area contributed by atoms with Crippen molar-refractivity contribution in [1.82, 2.24) is 4.90 Å². The number of hydrogen-bond acceptors (Lipinski definition) is 2. The molecule has 0 aliphatic carbocycles. The molecule has 0 atom stereocenters. The van der Waals surface area contributed by atoms with Gasteiger partial charge >= 0.3 is 6.03 Å². The van der Waals surface area contributed by atoms with E-state index in [0.29, 0.717) is 26.2 Å². The Hall–Kier alpha value is -2.56. The Bertz CT molecular complexity index is 719. The molecule has 0 radical (unpaired) electrons. The summed E-state index contributed by atoms with van der Waals surface area (Å²) in [6, 6.07) is 12.5. The number of piperazine rings is 1. The average molecular weight is 327 g/mol. The molecule has 24 heavy (non-hydrogen) atoms. The largest absolute Gasteiger partial charge is 0.368 e. The van der Waals surface area contributed by atoms with Gasteiger partial charge in [0, 0.05) is 37.6 Å². The molecule has 2 aromatic carbocycles. The van der Waals surface area contributed by atoms with E-state index in [0.717, 1.165) is 22.5 Å². The van der Waals surface area contributed by atoms with Crippen LogP contribution >= 0.6 is 0 Å². The Morgan fingerprint density at radius 1 is 1.00 bits per heavy atom. The second kappa shape index (κ2) is 6.91. The van der Waals surface area contributed by atoms with Gasteiger partial charge in [0.05, 0.1) is 0 Å². The van der Waals surface area contributed by atoms with Crippen LogP contribution in [0.1, 0.15) is 11.1 Å². The highest BCUT2D eigenvalue weighted by Crippen LogP contribution is 2.19. The first-order chi connectivity index (χ1) is 11.5. The van der Waals surface area contributed by atoms with Gasteiger partial charge in [-0.25, -0.2) is 9.18 Å². The van der Waals surface area contributed by atoms with Crippen LogP contribution in [-0.4, -0.2) is 37.1 Å². The summed E-state index contributed by atoms with van der Waals surface area (Å²) in [5.41, 5.74) is 3.94.